The number of benzene rings is 2. The van der Waals surface area contributed by atoms with Crippen molar-refractivity contribution in [2.45, 2.75) is 0 Å². The third-order valence-corrected chi connectivity index (χ3v) is 2.68. The average molecular weight is 282 g/mol. The van der Waals surface area contributed by atoms with E-state index in [1.165, 1.54) is 18.2 Å². The lowest BCUT2D eigenvalue weighted by atomic mass is 10.2. The Hall–Kier alpha value is -3.05. The first kappa shape index (κ1) is 14.4. The summed E-state index contributed by atoms with van der Waals surface area (Å²) >= 11 is 0. The Kier molecular flexibility index (Phi) is 4.74. The molecule has 0 radical (unpaired) electrons. The highest BCUT2D eigenvalue weighted by Crippen LogP contribution is 2.20. The van der Waals surface area contributed by atoms with Crippen molar-refractivity contribution in [3.63, 3.8) is 0 Å². The molecule has 2 rings (SSSR count). The summed E-state index contributed by atoms with van der Waals surface area (Å²) in [5.41, 5.74) is 0.438. The lowest BCUT2D eigenvalue weighted by Gasteiger charge is -2.09. The topological polar surface area (TPSA) is 66.0 Å². The van der Waals surface area contributed by atoms with Crippen molar-refractivity contribution in [3.8, 4) is 23.6 Å². The molecule has 0 spiro atoms. The van der Waals surface area contributed by atoms with E-state index in [1.54, 1.807) is 30.3 Å². The largest absolute Gasteiger partial charge is 0.490 e. The van der Waals surface area contributed by atoms with Gasteiger partial charge >= 0.3 is 0 Å². The van der Waals surface area contributed by atoms with Gasteiger partial charge in [0, 0.05) is 0 Å². The van der Waals surface area contributed by atoms with Gasteiger partial charge in [-0.25, -0.2) is 4.39 Å². The van der Waals surface area contributed by atoms with E-state index in [-0.39, 0.29) is 24.5 Å². The predicted octanol–water partition coefficient (Wildman–Crippen LogP) is 3.03. The maximum atomic E-state index is 13.3. The van der Waals surface area contributed by atoms with E-state index in [9.17, 15) is 4.39 Å². The standard InChI is InChI=1S/C16H11FN2O2/c17-15-2-1-3-16(14(15)11-19)21-9-8-20-13-6-4-12(10-18)5-7-13/h1-7H,8-9H2. The maximum absolute atomic E-state index is 13.3. The van der Waals surface area contributed by atoms with Crippen LogP contribution in [0, 0.1) is 28.5 Å². The van der Waals surface area contributed by atoms with Gasteiger partial charge in [-0.3, -0.25) is 0 Å². The number of rotatable bonds is 5. The van der Waals surface area contributed by atoms with Crippen LogP contribution in [-0.2, 0) is 0 Å². The van der Waals surface area contributed by atoms with Crippen molar-refractivity contribution >= 4 is 0 Å². The number of hydrogen-bond acceptors (Lipinski definition) is 4. The Morgan fingerprint density at radius 2 is 1.62 bits per heavy atom. The molecule has 4 nitrogen and oxygen atoms in total. The maximum Gasteiger partial charge on any atom is 0.144 e. The average Bonchev–Trinajstić information content (AvgIpc) is 2.52. The Balaban J connectivity index is 1.86. The second-order valence-corrected chi connectivity index (χ2v) is 4.06. The summed E-state index contributed by atoms with van der Waals surface area (Å²) in [6, 6.07) is 14.7. The summed E-state index contributed by atoms with van der Waals surface area (Å²) in [5, 5.41) is 17.5. The van der Waals surface area contributed by atoms with Gasteiger partial charge in [-0.15, -0.1) is 0 Å². The molecule has 0 bridgehead atoms. The first-order valence-corrected chi connectivity index (χ1v) is 6.19. The molecule has 0 aliphatic heterocycles. The number of nitriles is 2. The van der Waals surface area contributed by atoms with Crippen LogP contribution >= 0.6 is 0 Å². The summed E-state index contributed by atoms with van der Waals surface area (Å²) in [4.78, 5) is 0. The smallest absolute Gasteiger partial charge is 0.144 e. The fourth-order valence-corrected chi connectivity index (χ4v) is 1.67. The van der Waals surface area contributed by atoms with Crippen molar-refractivity contribution < 1.29 is 13.9 Å². The minimum atomic E-state index is -0.608. The molecule has 0 saturated heterocycles. The number of hydrogen-bond donors (Lipinski definition) is 0. The summed E-state index contributed by atoms with van der Waals surface area (Å²) < 4.78 is 24.1. The Labute approximate surface area is 121 Å². The predicted molar refractivity (Wildman–Crippen MR) is 73.3 cm³/mol. The van der Waals surface area contributed by atoms with Gasteiger partial charge in [0.1, 0.15) is 42.2 Å². The second-order valence-electron chi connectivity index (χ2n) is 4.06. The van der Waals surface area contributed by atoms with Crippen LogP contribution in [0.25, 0.3) is 0 Å². The van der Waals surface area contributed by atoms with E-state index < -0.39 is 5.82 Å². The molecule has 0 amide bonds. The second kappa shape index (κ2) is 6.93. The van der Waals surface area contributed by atoms with Gasteiger partial charge in [-0.05, 0) is 36.4 Å². The lowest BCUT2D eigenvalue weighted by molar-refractivity contribution is 0.216. The molecular weight excluding hydrogens is 271 g/mol. The fourth-order valence-electron chi connectivity index (χ4n) is 1.67. The number of nitrogens with zero attached hydrogens (tertiary/aromatic N) is 2. The van der Waals surface area contributed by atoms with Crippen LogP contribution in [0.5, 0.6) is 11.5 Å². The summed E-state index contributed by atoms with van der Waals surface area (Å²) in [5.74, 6) is 0.196. The zero-order chi connectivity index (χ0) is 15.1. The number of ether oxygens (including phenoxy) is 2. The van der Waals surface area contributed by atoms with Gasteiger partial charge < -0.3 is 9.47 Å². The monoisotopic (exact) mass is 282 g/mol. The molecule has 2 aromatic rings. The van der Waals surface area contributed by atoms with E-state index in [0.717, 1.165) is 0 Å². The summed E-state index contributed by atoms with van der Waals surface area (Å²) in [7, 11) is 0. The molecule has 104 valence electrons. The third kappa shape index (κ3) is 3.71. The minimum absolute atomic E-state index is 0.115. The Bertz CT molecular complexity index is 700. The zero-order valence-corrected chi connectivity index (χ0v) is 11.0. The summed E-state index contributed by atoms with van der Waals surface area (Å²) in [6.45, 7) is 0.422. The van der Waals surface area contributed by atoms with Crippen molar-refractivity contribution in [1.29, 1.82) is 10.5 Å². The first-order valence-electron chi connectivity index (χ1n) is 6.19. The normalized spacial score (nSPS) is 9.48. The molecule has 0 N–H and O–H groups in total. The molecular formula is C16H11FN2O2. The van der Waals surface area contributed by atoms with Crippen LogP contribution in [0.2, 0.25) is 0 Å². The highest BCUT2D eigenvalue weighted by atomic mass is 19.1. The van der Waals surface area contributed by atoms with Crippen molar-refractivity contribution in [2.24, 2.45) is 0 Å². The highest BCUT2D eigenvalue weighted by Gasteiger charge is 2.08. The SMILES string of the molecule is N#Cc1ccc(OCCOc2cccc(F)c2C#N)cc1. The van der Waals surface area contributed by atoms with Crippen LogP contribution < -0.4 is 9.47 Å². The Morgan fingerprint density at radius 3 is 2.29 bits per heavy atom. The first-order chi connectivity index (χ1) is 10.2. The lowest BCUT2D eigenvalue weighted by Crippen LogP contribution is -2.10. The molecule has 0 saturated carbocycles. The minimum Gasteiger partial charge on any atom is -0.490 e. The molecule has 0 heterocycles. The quantitative estimate of drug-likeness (QED) is 0.791. The molecule has 2 aromatic carbocycles. The molecule has 0 aromatic heterocycles. The Morgan fingerprint density at radius 1 is 0.905 bits per heavy atom. The molecule has 0 atom stereocenters. The van der Waals surface area contributed by atoms with Crippen LogP contribution in [0.1, 0.15) is 11.1 Å². The zero-order valence-electron chi connectivity index (χ0n) is 11.0. The fraction of sp³-hybridized carbons (Fsp3) is 0.125. The molecule has 21 heavy (non-hydrogen) atoms. The van der Waals surface area contributed by atoms with E-state index in [2.05, 4.69) is 0 Å². The van der Waals surface area contributed by atoms with Gasteiger partial charge in [-0.2, -0.15) is 10.5 Å². The van der Waals surface area contributed by atoms with Crippen LogP contribution in [0.4, 0.5) is 4.39 Å². The van der Waals surface area contributed by atoms with Crippen LogP contribution in [0.15, 0.2) is 42.5 Å². The molecule has 0 unspecified atom stereocenters. The molecule has 5 heteroatoms. The van der Waals surface area contributed by atoms with Gasteiger partial charge in [0.05, 0.1) is 11.6 Å². The van der Waals surface area contributed by atoms with Gasteiger partial charge in [0.15, 0.2) is 0 Å². The van der Waals surface area contributed by atoms with Gasteiger partial charge in [0.25, 0.3) is 0 Å². The van der Waals surface area contributed by atoms with E-state index in [4.69, 9.17) is 20.0 Å². The van der Waals surface area contributed by atoms with E-state index in [1.807, 2.05) is 6.07 Å². The molecule has 0 aliphatic carbocycles. The summed E-state index contributed by atoms with van der Waals surface area (Å²) in [6.07, 6.45) is 0. The van der Waals surface area contributed by atoms with Crippen molar-refractivity contribution in [3.05, 3.63) is 59.4 Å². The van der Waals surface area contributed by atoms with E-state index >= 15 is 0 Å². The van der Waals surface area contributed by atoms with Gasteiger partial charge in [-0.1, -0.05) is 6.07 Å². The van der Waals surface area contributed by atoms with Crippen molar-refractivity contribution in [2.75, 3.05) is 13.2 Å². The van der Waals surface area contributed by atoms with E-state index in [0.29, 0.717) is 11.3 Å². The van der Waals surface area contributed by atoms with Crippen LogP contribution in [0.3, 0.4) is 0 Å². The van der Waals surface area contributed by atoms with Gasteiger partial charge in [0.2, 0.25) is 0 Å². The van der Waals surface area contributed by atoms with Crippen molar-refractivity contribution in [1.82, 2.24) is 0 Å². The third-order valence-electron chi connectivity index (χ3n) is 2.68. The number of halogens is 1. The highest BCUT2D eigenvalue weighted by molar-refractivity contribution is 5.43. The van der Waals surface area contributed by atoms with Crippen LogP contribution in [-0.4, -0.2) is 13.2 Å². The molecule has 0 fully saturated rings. The molecule has 0 aliphatic rings.